The van der Waals surface area contributed by atoms with E-state index in [1.807, 2.05) is 23.7 Å². The van der Waals surface area contributed by atoms with Crippen molar-refractivity contribution in [1.29, 1.82) is 0 Å². The van der Waals surface area contributed by atoms with Crippen molar-refractivity contribution in [3.05, 3.63) is 42.4 Å². The van der Waals surface area contributed by atoms with E-state index in [9.17, 15) is 4.79 Å². The Morgan fingerprint density at radius 3 is 2.83 bits per heavy atom. The standard InChI is InChI=1S/C12H11N5O/c1-16-10(5-6-15-16)17-7-14-11-8(12(13)18)3-2-4-9(11)17/h2-7H,1H3,(H2,13,18). The second-order valence-corrected chi connectivity index (χ2v) is 3.97. The van der Waals surface area contributed by atoms with Crippen LogP contribution in [0.3, 0.4) is 0 Å². The molecule has 2 N–H and O–H groups in total. The van der Waals surface area contributed by atoms with Gasteiger partial charge in [0, 0.05) is 13.1 Å². The second kappa shape index (κ2) is 3.69. The molecule has 0 bridgehead atoms. The van der Waals surface area contributed by atoms with Gasteiger partial charge in [-0.3, -0.25) is 14.0 Å². The molecule has 6 heteroatoms. The number of aryl methyl sites for hydroxylation is 1. The number of aromatic nitrogens is 4. The van der Waals surface area contributed by atoms with Gasteiger partial charge in [0.15, 0.2) is 0 Å². The molecule has 2 heterocycles. The van der Waals surface area contributed by atoms with E-state index in [-0.39, 0.29) is 0 Å². The number of benzene rings is 1. The maximum atomic E-state index is 11.3. The van der Waals surface area contributed by atoms with Gasteiger partial charge >= 0.3 is 0 Å². The molecule has 0 aliphatic carbocycles. The van der Waals surface area contributed by atoms with E-state index < -0.39 is 5.91 Å². The molecule has 0 radical (unpaired) electrons. The number of imidazole rings is 1. The normalized spacial score (nSPS) is 10.9. The summed E-state index contributed by atoms with van der Waals surface area (Å²) >= 11 is 0. The number of rotatable bonds is 2. The zero-order valence-corrected chi connectivity index (χ0v) is 9.74. The first-order chi connectivity index (χ1) is 8.68. The molecule has 6 nitrogen and oxygen atoms in total. The highest BCUT2D eigenvalue weighted by molar-refractivity contribution is 6.04. The van der Waals surface area contributed by atoms with Gasteiger partial charge in [0.05, 0.1) is 17.3 Å². The molecule has 3 aromatic rings. The van der Waals surface area contributed by atoms with Gasteiger partial charge in [0.25, 0.3) is 5.91 Å². The number of para-hydroxylation sites is 1. The van der Waals surface area contributed by atoms with Gasteiger partial charge in [-0.05, 0) is 12.1 Å². The van der Waals surface area contributed by atoms with Crippen LogP contribution in [0.1, 0.15) is 10.4 Å². The summed E-state index contributed by atoms with van der Waals surface area (Å²) in [7, 11) is 1.85. The predicted octanol–water partition coefficient (Wildman–Crippen LogP) is 0.858. The molecule has 0 unspecified atom stereocenters. The summed E-state index contributed by atoms with van der Waals surface area (Å²) in [6.45, 7) is 0. The van der Waals surface area contributed by atoms with Crippen LogP contribution >= 0.6 is 0 Å². The molecular weight excluding hydrogens is 230 g/mol. The van der Waals surface area contributed by atoms with Crippen LogP contribution in [0.5, 0.6) is 0 Å². The van der Waals surface area contributed by atoms with Crippen LogP contribution in [0, 0.1) is 0 Å². The van der Waals surface area contributed by atoms with Crippen molar-refractivity contribution in [3.63, 3.8) is 0 Å². The summed E-state index contributed by atoms with van der Waals surface area (Å²) in [6, 6.07) is 7.22. The first-order valence-corrected chi connectivity index (χ1v) is 5.43. The minimum atomic E-state index is -0.476. The fraction of sp³-hybridized carbons (Fsp3) is 0.0833. The van der Waals surface area contributed by atoms with Crippen molar-refractivity contribution in [1.82, 2.24) is 19.3 Å². The zero-order valence-electron chi connectivity index (χ0n) is 9.74. The highest BCUT2D eigenvalue weighted by Gasteiger charge is 2.12. The average molecular weight is 241 g/mol. The van der Waals surface area contributed by atoms with Gasteiger partial charge in [-0.25, -0.2) is 4.98 Å². The fourth-order valence-electron chi connectivity index (χ4n) is 2.02. The summed E-state index contributed by atoms with van der Waals surface area (Å²) in [5, 5.41) is 4.11. The molecule has 2 aromatic heterocycles. The molecule has 0 atom stereocenters. The van der Waals surface area contributed by atoms with E-state index >= 15 is 0 Å². The first kappa shape index (κ1) is 10.5. The van der Waals surface area contributed by atoms with Gasteiger partial charge in [-0.1, -0.05) is 6.07 Å². The summed E-state index contributed by atoms with van der Waals surface area (Å²) in [4.78, 5) is 15.6. The van der Waals surface area contributed by atoms with E-state index in [4.69, 9.17) is 5.73 Å². The minimum absolute atomic E-state index is 0.424. The van der Waals surface area contributed by atoms with Crippen molar-refractivity contribution in [3.8, 4) is 5.82 Å². The monoisotopic (exact) mass is 241 g/mol. The number of amides is 1. The topological polar surface area (TPSA) is 78.7 Å². The highest BCUT2D eigenvalue weighted by atomic mass is 16.1. The van der Waals surface area contributed by atoms with Crippen molar-refractivity contribution >= 4 is 16.9 Å². The first-order valence-electron chi connectivity index (χ1n) is 5.43. The van der Waals surface area contributed by atoms with Crippen molar-refractivity contribution in [2.45, 2.75) is 0 Å². The smallest absolute Gasteiger partial charge is 0.250 e. The molecule has 3 rings (SSSR count). The second-order valence-electron chi connectivity index (χ2n) is 3.97. The van der Waals surface area contributed by atoms with Crippen molar-refractivity contribution in [2.24, 2.45) is 12.8 Å². The molecule has 0 spiro atoms. The Balaban J connectivity index is 2.31. The van der Waals surface area contributed by atoms with Gasteiger partial charge in [-0.15, -0.1) is 0 Å². The molecule has 90 valence electrons. The fourth-order valence-corrected chi connectivity index (χ4v) is 2.02. The number of nitrogens with zero attached hydrogens (tertiary/aromatic N) is 4. The lowest BCUT2D eigenvalue weighted by Gasteiger charge is -2.04. The molecule has 0 saturated carbocycles. The van der Waals surface area contributed by atoms with Crippen LogP contribution in [-0.4, -0.2) is 25.2 Å². The van der Waals surface area contributed by atoms with Gasteiger partial charge < -0.3 is 5.73 Å². The zero-order chi connectivity index (χ0) is 12.7. The van der Waals surface area contributed by atoms with E-state index in [2.05, 4.69) is 10.1 Å². The summed E-state index contributed by atoms with van der Waals surface area (Å²) in [5.41, 5.74) is 7.19. The molecule has 0 aliphatic heterocycles. The SMILES string of the molecule is Cn1nccc1-n1cnc2c(C(N)=O)cccc21. The van der Waals surface area contributed by atoms with E-state index in [1.165, 1.54) is 0 Å². The molecular formula is C12H11N5O. The molecule has 1 aromatic carbocycles. The Kier molecular flexibility index (Phi) is 2.16. The highest BCUT2D eigenvalue weighted by Crippen LogP contribution is 2.20. The Morgan fingerprint density at radius 2 is 2.17 bits per heavy atom. The molecule has 0 saturated heterocycles. The Morgan fingerprint density at radius 1 is 1.33 bits per heavy atom. The Bertz CT molecular complexity index is 740. The van der Waals surface area contributed by atoms with Crippen LogP contribution in [0.2, 0.25) is 0 Å². The van der Waals surface area contributed by atoms with Crippen LogP contribution in [0.4, 0.5) is 0 Å². The van der Waals surface area contributed by atoms with Gasteiger partial charge in [-0.2, -0.15) is 5.10 Å². The molecule has 0 fully saturated rings. The third-order valence-electron chi connectivity index (χ3n) is 2.88. The molecule has 0 aliphatic rings. The third kappa shape index (κ3) is 1.39. The number of nitrogens with two attached hydrogens (primary N) is 1. The maximum Gasteiger partial charge on any atom is 0.250 e. The summed E-state index contributed by atoms with van der Waals surface area (Å²) in [5.74, 6) is 0.398. The van der Waals surface area contributed by atoms with E-state index in [0.717, 1.165) is 11.3 Å². The van der Waals surface area contributed by atoms with Crippen LogP contribution in [0.15, 0.2) is 36.8 Å². The van der Waals surface area contributed by atoms with Gasteiger partial charge in [0.2, 0.25) is 0 Å². The Hall–Kier alpha value is -2.63. The number of hydrogen-bond acceptors (Lipinski definition) is 3. The number of carbonyl (C=O) groups excluding carboxylic acids is 1. The lowest BCUT2D eigenvalue weighted by molar-refractivity contribution is 0.100. The molecule has 18 heavy (non-hydrogen) atoms. The largest absolute Gasteiger partial charge is 0.366 e. The van der Waals surface area contributed by atoms with Crippen LogP contribution in [-0.2, 0) is 7.05 Å². The van der Waals surface area contributed by atoms with Crippen LogP contribution in [0.25, 0.3) is 16.9 Å². The average Bonchev–Trinajstić information content (AvgIpc) is 2.93. The van der Waals surface area contributed by atoms with Gasteiger partial charge in [0.1, 0.15) is 17.7 Å². The Labute approximate surface area is 103 Å². The number of fused-ring (bicyclic) bond motifs is 1. The summed E-state index contributed by atoms with van der Waals surface area (Å²) in [6.07, 6.45) is 3.37. The summed E-state index contributed by atoms with van der Waals surface area (Å²) < 4.78 is 3.60. The number of carbonyl (C=O) groups is 1. The lowest BCUT2D eigenvalue weighted by atomic mass is 10.2. The maximum absolute atomic E-state index is 11.3. The lowest BCUT2D eigenvalue weighted by Crippen LogP contribution is -2.11. The molecule has 1 amide bonds. The number of hydrogen-bond donors (Lipinski definition) is 1. The minimum Gasteiger partial charge on any atom is -0.366 e. The van der Waals surface area contributed by atoms with Crippen molar-refractivity contribution < 1.29 is 4.79 Å². The van der Waals surface area contributed by atoms with E-state index in [0.29, 0.717) is 11.1 Å². The quantitative estimate of drug-likeness (QED) is 0.722. The predicted molar refractivity (Wildman–Crippen MR) is 66.4 cm³/mol. The number of primary amides is 1. The van der Waals surface area contributed by atoms with Crippen molar-refractivity contribution in [2.75, 3.05) is 0 Å². The van der Waals surface area contributed by atoms with Crippen LogP contribution < -0.4 is 5.73 Å². The third-order valence-corrected chi connectivity index (χ3v) is 2.88. The van der Waals surface area contributed by atoms with E-state index in [1.54, 1.807) is 29.3 Å².